The second kappa shape index (κ2) is 13.8. The first-order valence-electron chi connectivity index (χ1n) is 14.3. The van der Waals surface area contributed by atoms with Crippen molar-refractivity contribution >= 4 is 40.0 Å². The molecule has 41 heavy (non-hydrogen) atoms. The monoisotopic (exact) mass is 592 g/mol. The molecule has 1 aromatic heterocycles. The maximum absolute atomic E-state index is 13.6. The fourth-order valence-electron chi connectivity index (χ4n) is 5.66. The molecule has 0 saturated carbocycles. The highest BCUT2D eigenvalue weighted by atomic mass is 35.5. The Morgan fingerprint density at radius 2 is 1.59 bits per heavy atom. The molecule has 6 nitrogen and oxygen atoms in total. The summed E-state index contributed by atoms with van der Waals surface area (Å²) in [6.45, 7) is 7.79. The zero-order valence-corrected chi connectivity index (χ0v) is 25.4. The molecule has 3 aromatic carbocycles. The second-order valence-electron chi connectivity index (χ2n) is 10.8. The topological polar surface area (TPSA) is 41.0 Å². The van der Waals surface area contributed by atoms with Crippen molar-refractivity contribution in [2.24, 2.45) is 0 Å². The van der Waals surface area contributed by atoms with Gasteiger partial charge in [0.1, 0.15) is 5.75 Å². The van der Waals surface area contributed by atoms with E-state index in [-0.39, 0.29) is 5.91 Å². The quantitative estimate of drug-likeness (QED) is 0.200. The number of fused-ring (bicyclic) bond motifs is 1. The molecule has 4 aromatic rings. The first-order valence-corrected chi connectivity index (χ1v) is 15.0. The number of ether oxygens (including phenoxy) is 1. The lowest BCUT2D eigenvalue weighted by Crippen LogP contribution is -2.47. The number of piperazine rings is 1. The molecule has 0 radical (unpaired) electrons. The minimum atomic E-state index is -0.0419. The molecule has 1 aliphatic heterocycles. The minimum Gasteiger partial charge on any atom is -0.495 e. The van der Waals surface area contributed by atoms with Gasteiger partial charge in [0.25, 0.3) is 5.91 Å². The average molecular weight is 594 g/mol. The molecule has 0 bridgehead atoms. The number of carbonyl (C=O) groups is 1. The fourth-order valence-corrected chi connectivity index (χ4v) is 5.98. The maximum Gasteiger partial charge on any atom is 0.256 e. The average Bonchev–Trinajstić information content (AvgIpc) is 3.37. The van der Waals surface area contributed by atoms with Gasteiger partial charge in [0.15, 0.2) is 0 Å². The van der Waals surface area contributed by atoms with Crippen molar-refractivity contribution < 1.29 is 9.53 Å². The van der Waals surface area contributed by atoms with Crippen LogP contribution in [0.4, 0.5) is 0 Å². The molecule has 0 atom stereocenters. The summed E-state index contributed by atoms with van der Waals surface area (Å²) >= 11 is 12.3. The molecule has 0 N–H and O–H groups in total. The Hall–Kier alpha value is -3.03. The van der Waals surface area contributed by atoms with Crippen molar-refractivity contribution in [3.8, 4) is 5.75 Å². The zero-order valence-electron chi connectivity index (χ0n) is 23.9. The molecule has 0 aliphatic carbocycles. The molecule has 1 fully saturated rings. The largest absolute Gasteiger partial charge is 0.495 e. The van der Waals surface area contributed by atoms with Crippen LogP contribution in [0.3, 0.4) is 0 Å². The lowest BCUT2D eigenvalue weighted by atomic mass is 10.1. The molecule has 1 saturated heterocycles. The third-order valence-corrected chi connectivity index (χ3v) is 8.70. The van der Waals surface area contributed by atoms with Crippen LogP contribution >= 0.6 is 23.2 Å². The Balaban J connectivity index is 1.20. The predicted molar refractivity (Wildman–Crippen MR) is 168 cm³/mol. The maximum atomic E-state index is 13.6. The van der Waals surface area contributed by atoms with Gasteiger partial charge in [0.05, 0.1) is 28.2 Å². The molecular formula is C33H38Cl2N4O2. The van der Waals surface area contributed by atoms with Gasteiger partial charge in [-0.05, 0) is 48.7 Å². The number of aromatic nitrogens is 1. The molecular weight excluding hydrogens is 555 g/mol. The van der Waals surface area contributed by atoms with Crippen molar-refractivity contribution in [1.29, 1.82) is 0 Å². The Bertz CT molecular complexity index is 1470. The highest BCUT2D eigenvalue weighted by Crippen LogP contribution is 2.31. The number of benzene rings is 3. The van der Waals surface area contributed by atoms with E-state index in [4.69, 9.17) is 27.9 Å². The van der Waals surface area contributed by atoms with Gasteiger partial charge >= 0.3 is 0 Å². The number of rotatable bonds is 11. The van der Waals surface area contributed by atoms with Crippen LogP contribution in [0.25, 0.3) is 10.9 Å². The van der Waals surface area contributed by atoms with Crippen LogP contribution in [-0.2, 0) is 19.5 Å². The lowest BCUT2D eigenvalue weighted by molar-refractivity contribution is 0.0786. The second-order valence-corrected chi connectivity index (χ2v) is 11.6. The molecule has 5 rings (SSSR count). The summed E-state index contributed by atoms with van der Waals surface area (Å²) < 4.78 is 7.90. The van der Waals surface area contributed by atoms with Gasteiger partial charge in [-0.15, -0.1) is 0 Å². The normalized spacial score (nSPS) is 14.4. The number of halogens is 2. The fraction of sp³-hybridized carbons (Fsp3) is 0.364. The highest BCUT2D eigenvalue weighted by molar-refractivity contribution is 6.42. The van der Waals surface area contributed by atoms with Gasteiger partial charge in [-0.2, -0.15) is 0 Å². The van der Waals surface area contributed by atoms with E-state index >= 15 is 0 Å². The van der Waals surface area contributed by atoms with E-state index in [0.717, 1.165) is 80.9 Å². The van der Waals surface area contributed by atoms with E-state index in [2.05, 4.69) is 44.7 Å². The van der Waals surface area contributed by atoms with Crippen molar-refractivity contribution in [1.82, 2.24) is 19.3 Å². The summed E-state index contributed by atoms with van der Waals surface area (Å²) in [4.78, 5) is 20.5. The van der Waals surface area contributed by atoms with Crippen LogP contribution in [0.2, 0.25) is 10.0 Å². The molecule has 0 spiro atoms. The van der Waals surface area contributed by atoms with Crippen molar-refractivity contribution in [2.45, 2.75) is 25.9 Å². The SMILES string of the molecule is COc1cccc2c(C(=O)N(C)Cc3ccc(Cl)c(Cl)c3)cn(CCCN3CCN(CCc4ccccc4)CC3)c12. The third-order valence-electron chi connectivity index (χ3n) is 7.96. The molecule has 1 amide bonds. The van der Waals surface area contributed by atoms with E-state index in [1.165, 1.54) is 5.56 Å². The number of amides is 1. The Labute approximate surface area is 253 Å². The highest BCUT2D eigenvalue weighted by Gasteiger charge is 2.22. The zero-order chi connectivity index (χ0) is 28.8. The van der Waals surface area contributed by atoms with E-state index < -0.39 is 0 Å². The number of carbonyl (C=O) groups excluding carboxylic acids is 1. The van der Waals surface area contributed by atoms with Crippen LogP contribution in [-0.4, -0.2) is 78.6 Å². The van der Waals surface area contributed by atoms with Crippen molar-refractivity contribution in [2.75, 3.05) is 53.4 Å². The van der Waals surface area contributed by atoms with E-state index in [9.17, 15) is 4.79 Å². The molecule has 0 unspecified atom stereocenters. The summed E-state index contributed by atoms with van der Waals surface area (Å²) in [7, 11) is 3.50. The Morgan fingerprint density at radius 3 is 2.29 bits per heavy atom. The van der Waals surface area contributed by atoms with Gasteiger partial charge in [-0.1, -0.05) is 71.7 Å². The third kappa shape index (κ3) is 7.25. The van der Waals surface area contributed by atoms with Gasteiger partial charge in [-0.25, -0.2) is 0 Å². The summed E-state index contributed by atoms with van der Waals surface area (Å²) in [6, 6.07) is 22.1. The minimum absolute atomic E-state index is 0.0419. The number of methoxy groups -OCH3 is 1. The Kier molecular flexibility index (Phi) is 9.88. The number of nitrogens with zero attached hydrogens (tertiary/aromatic N) is 4. The van der Waals surface area contributed by atoms with Crippen molar-refractivity contribution in [3.63, 3.8) is 0 Å². The van der Waals surface area contributed by atoms with E-state index in [1.54, 1.807) is 18.1 Å². The standard InChI is InChI=1S/C33H38Cl2N4O2/c1-36(23-26-12-13-29(34)30(35)22-26)33(40)28-24-39(32-27(28)10-6-11-31(32)41-2)16-7-15-37-18-20-38(21-19-37)17-14-25-8-4-3-5-9-25/h3-6,8-13,22,24H,7,14-21,23H2,1-2H3. The number of aryl methyl sites for hydroxylation is 1. The summed E-state index contributed by atoms with van der Waals surface area (Å²) in [5, 5.41) is 1.90. The molecule has 1 aliphatic rings. The molecule has 2 heterocycles. The molecule has 8 heteroatoms. The van der Waals surface area contributed by atoms with Gasteiger partial charge in [-0.3, -0.25) is 4.79 Å². The number of para-hydroxylation sites is 1. The first kappa shape index (κ1) is 29.5. The van der Waals surface area contributed by atoms with Crippen LogP contribution in [0.1, 0.15) is 27.9 Å². The first-order chi connectivity index (χ1) is 19.9. The smallest absolute Gasteiger partial charge is 0.256 e. The summed E-state index contributed by atoms with van der Waals surface area (Å²) in [5.41, 5.74) is 3.97. The van der Waals surface area contributed by atoms with Gasteiger partial charge in [0.2, 0.25) is 0 Å². The van der Waals surface area contributed by atoms with Gasteiger partial charge < -0.3 is 24.0 Å². The van der Waals surface area contributed by atoms with E-state index in [0.29, 0.717) is 22.2 Å². The summed E-state index contributed by atoms with van der Waals surface area (Å²) in [5.74, 6) is 0.736. The number of hydrogen-bond donors (Lipinski definition) is 0. The van der Waals surface area contributed by atoms with E-state index in [1.807, 2.05) is 43.6 Å². The number of hydrogen-bond acceptors (Lipinski definition) is 4. The lowest BCUT2D eigenvalue weighted by Gasteiger charge is -2.34. The van der Waals surface area contributed by atoms with Crippen molar-refractivity contribution in [3.05, 3.63) is 99.7 Å². The molecule has 216 valence electrons. The van der Waals surface area contributed by atoms with Crippen LogP contribution in [0.15, 0.2) is 72.9 Å². The van der Waals surface area contributed by atoms with Crippen LogP contribution < -0.4 is 4.74 Å². The van der Waals surface area contributed by atoms with Crippen LogP contribution in [0.5, 0.6) is 5.75 Å². The van der Waals surface area contributed by atoms with Gasteiger partial charge in [0, 0.05) is 64.4 Å². The summed E-state index contributed by atoms with van der Waals surface area (Å²) in [6.07, 6.45) is 4.09. The predicted octanol–water partition coefficient (Wildman–Crippen LogP) is 6.48. The Morgan fingerprint density at radius 1 is 0.854 bits per heavy atom. The van der Waals surface area contributed by atoms with Crippen LogP contribution in [0, 0.1) is 0 Å².